The molecule has 0 spiro atoms. The van der Waals surface area contributed by atoms with E-state index < -0.39 is 15.7 Å². The van der Waals surface area contributed by atoms with Crippen LogP contribution in [0.15, 0.2) is 18.2 Å². The van der Waals surface area contributed by atoms with Crippen LogP contribution in [0.2, 0.25) is 0 Å². The highest BCUT2D eigenvalue weighted by Crippen LogP contribution is 2.32. The maximum absolute atomic E-state index is 13.4. The van der Waals surface area contributed by atoms with Gasteiger partial charge in [-0.15, -0.1) is 0 Å². The van der Waals surface area contributed by atoms with E-state index in [-0.39, 0.29) is 29.0 Å². The lowest BCUT2D eigenvalue weighted by molar-refractivity contribution is 0.392. The molecular weight excluding hydrogens is 291 g/mol. The van der Waals surface area contributed by atoms with Crippen molar-refractivity contribution in [3.63, 3.8) is 0 Å². The van der Waals surface area contributed by atoms with Crippen molar-refractivity contribution in [2.45, 2.75) is 25.8 Å². The number of nitriles is 1. The molecule has 0 aromatic heterocycles. The fourth-order valence-corrected chi connectivity index (χ4v) is 4.61. The van der Waals surface area contributed by atoms with Gasteiger partial charge in [0.1, 0.15) is 11.9 Å². The summed E-state index contributed by atoms with van der Waals surface area (Å²) >= 11 is 0. The summed E-state index contributed by atoms with van der Waals surface area (Å²) in [5.74, 6) is -0.227. The quantitative estimate of drug-likeness (QED) is 0.905. The molecule has 0 aliphatic carbocycles. The maximum Gasteiger partial charge on any atom is 0.150 e. The highest BCUT2D eigenvalue weighted by atomic mass is 32.2. The second-order valence-corrected chi connectivity index (χ2v) is 7.67. The Morgan fingerprint density at radius 1 is 1.52 bits per heavy atom. The number of nitrogens with one attached hydrogen (secondary N) is 1. The van der Waals surface area contributed by atoms with Crippen LogP contribution >= 0.6 is 0 Å². The molecule has 114 valence electrons. The summed E-state index contributed by atoms with van der Waals surface area (Å²) in [6.45, 7) is 2.78. The van der Waals surface area contributed by atoms with E-state index in [1.54, 1.807) is 6.07 Å². The van der Waals surface area contributed by atoms with Gasteiger partial charge in [0.2, 0.25) is 0 Å². The number of nitrogens with zero attached hydrogens (tertiary/aromatic N) is 1. The Bertz CT molecular complexity index is 652. The van der Waals surface area contributed by atoms with Gasteiger partial charge >= 0.3 is 0 Å². The van der Waals surface area contributed by atoms with E-state index in [1.165, 1.54) is 12.1 Å². The van der Waals surface area contributed by atoms with E-state index in [1.807, 2.05) is 13.0 Å². The monoisotopic (exact) mass is 310 g/mol. The fraction of sp³-hybridized carbons (Fsp3) is 0.533. The molecule has 21 heavy (non-hydrogen) atoms. The van der Waals surface area contributed by atoms with Crippen molar-refractivity contribution < 1.29 is 12.8 Å². The van der Waals surface area contributed by atoms with Crippen molar-refractivity contribution in [1.82, 2.24) is 5.32 Å². The molecule has 1 aliphatic heterocycles. The van der Waals surface area contributed by atoms with Gasteiger partial charge in [-0.1, -0.05) is 13.0 Å². The number of halogens is 1. The highest BCUT2D eigenvalue weighted by molar-refractivity contribution is 7.91. The molecule has 2 rings (SSSR count). The zero-order valence-electron chi connectivity index (χ0n) is 12.0. The molecule has 1 aromatic rings. The van der Waals surface area contributed by atoms with Crippen LogP contribution in [0.4, 0.5) is 4.39 Å². The standard InChI is InChI=1S/C15H19FN2O2S/c1-2-6-18-15(12-5-7-21(19,20)10-12)11-3-4-14(16)13(8-11)9-17/h3-4,8,12,15,18H,2,5-7,10H2,1H3. The first kappa shape index (κ1) is 15.9. The minimum absolute atomic E-state index is 0.00310. The van der Waals surface area contributed by atoms with Gasteiger partial charge < -0.3 is 5.32 Å². The Hall–Kier alpha value is -1.45. The van der Waals surface area contributed by atoms with Crippen molar-refractivity contribution in [2.24, 2.45) is 5.92 Å². The van der Waals surface area contributed by atoms with Gasteiger partial charge in [0.15, 0.2) is 9.84 Å². The van der Waals surface area contributed by atoms with Gasteiger partial charge in [0, 0.05) is 6.04 Å². The molecule has 1 aromatic carbocycles. The van der Waals surface area contributed by atoms with E-state index >= 15 is 0 Å². The summed E-state index contributed by atoms with van der Waals surface area (Å²) in [5, 5.41) is 12.3. The Morgan fingerprint density at radius 3 is 2.86 bits per heavy atom. The van der Waals surface area contributed by atoms with E-state index in [4.69, 9.17) is 5.26 Å². The number of rotatable bonds is 5. The minimum atomic E-state index is -2.98. The van der Waals surface area contributed by atoms with Gasteiger partial charge in [-0.25, -0.2) is 12.8 Å². The lowest BCUT2D eigenvalue weighted by Crippen LogP contribution is -2.30. The predicted molar refractivity (Wildman–Crippen MR) is 78.9 cm³/mol. The molecule has 1 fully saturated rings. The second-order valence-electron chi connectivity index (χ2n) is 5.45. The first-order chi connectivity index (χ1) is 9.96. The Labute approximate surface area is 124 Å². The molecular formula is C15H19FN2O2S. The van der Waals surface area contributed by atoms with Gasteiger partial charge in [-0.3, -0.25) is 0 Å². The van der Waals surface area contributed by atoms with Crippen LogP contribution in [0.25, 0.3) is 0 Å². The van der Waals surface area contributed by atoms with Crippen molar-refractivity contribution in [2.75, 3.05) is 18.1 Å². The van der Waals surface area contributed by atoms with E-state index in [2.05, 4.69) is 5.32 Å². The SMILES string of the molecule is CCCNC(c1ccc(F)c(C#N)c1)C1CCS(=O)(=O)C1. The first-order valence-electron chi connectivity index (χ1n) is 7.10. The molecule has 0 amide bonds. The van der Waals surface area contributed by atoms with Gasteiger partial charge in [0.05, 0.1) is 17.1 Å². The summed E-state index contributed by atoms with van der Waals surface area (Å²) < 4.78 is 36.8. The molecule has 4 nitrogen and oxygen atoms in total. The smallest absolute Gasteiger partial charge is 0.150 e. The lowest BCUT2D eigenvalue weighted by Gasteiger charge is -2.24. The van der Waals surface area contributed by atoms with Crippen LogP contribution in [-0.2, 0) is 9.84 Å². The fourth-order valence-electron chi connectivity index (χ4n) is 2.77. The second kappa shape index (κ2) is 6.54. The third kappa shape index (κ3) is 3.80. The van der Waals surface area contributed by atoms with Crippen LogP contribution in [0.1, 0.15) is 36.9 Å². The van der Waals surface area contributed by atoms with Gasteiger partial charge in [-0.05, 0) is 43.0 Å². The zero-order chi connectivity index (χ0) is 15.5. The summed E-state index contributed by atoms with van der Waals surface area (Å²) in [7, 11) is -2.98. The molecule has 0 radical (unpaired) electrons. The molecule has 0 bridgehead atoms. The van der Waals surface area contributed by atoms with Crippen molar-refractivity contribution in [1.29, 1.82) is 5.26 Å². The molecule has 0 saturated carbocycles. The maximum atomic E-state index is 13.4. The van der Waals surface area contributed by atoms with Crippen LogP contribution in [0.3, 0.4) is 0 Å². The Kier molecular flexibility index (Phi) is 4.96. The van der Waals surface area contributed by atoms with Gasteiger partial charge in [-0.2, -0.15) is 5.26 Å². The van der Waals surface area contributed by atoms with Crippen LogP contribution in [-0.4, -0.2) is 26.5 Å². The Morgan fingerprint density at radius 2 is 2.29 bits per heavy atom. The first-order valence-corrected chi connectivity index (χ1v) is 8.92. The average molecular weight is 310 g/mol. The number of hydrogen-bond donors (Lipinski definition) is 1. The molecule has 1 saturated heterocycles. The topological polar surface area (TPSA) is 70.0 Å². The molecule has 2 atom stereocenters. The number of hydrogen-bond acceptors (Lipinski definition) is 4. The normalized spacial score (nSPS) is 21.9. The molecule has 1 aliphatic rings. The summed E-state index contributed by atoms with van der Waals surface area (Å²) in [5.41, 5.74) is 0.778. The molecule has 6 heteroatoms. The molecule has 1 heterocycles. The highest BCUT2D eigenvalue weighted by Gasteiger charge is 2.34. The van der Waals surface area contributed by atoms with E-state index in [0.29, 0.717) is 6.42 Å². The number of sulfone groups is 1. The zero-order valence-corrected chi connectivity index (χ0v) is 12.8. The number of benzene rings is 1. The molecule has 2 unspecified atom stereocenters. The Balaban J connectivity index is 2.30. The summed E-state index contributed by atoms with van der Waals surface area (Å²) in [6.07, 6.45) is 1.52. The van der Waals surface area contributed by atoms with Crippen LogP contribution in [0.5, 0.6) is 0 Å². The average Bonchev–Trinajstić information content (AvgIpc) is 2.81. The third-order valence-electron chi connectivity index (χ3n) is 3.82. The van der Waals surface area contributed by atoms with Crippen molar-refractivity contribution in [3.05, 3.63) is 35.1 Å². The van der Waals surface area contributed by atoms with Crippen LogP contribution < -0.4 is 5.32 Å². The minimum Gasteiger partial charge on any atom is -0.310 e. The van der Waals surface area contributed by atoms with E-state index in [0.717, 1.165) is 18.5 Å². The molecule has 1 N–H and O–H groups in total. The summed E-state index contributed by atoms with van der Waals surface area (Å²) in [6, 6.07) is 6.11. The predicted octanol–water partition coefficient (Wildman–Crippen LogP) is 2.17. The third-order valence-corrected chi connectivity index (χ3v) is 5.62. The van der Waals surface area contributed by atoms with Crippen molar-refractivity contribution >= 4 is 9.84 Å². The lowest BCUT2D eigenvalue weighted by atomic mass is 9.91. The van der Waals surface area contributed by atoms with Crippen LogP contribution in [0, 0.1) is 23.1 Å². The summed E-state index contributed by atoms with van der Waals surface area (Å²) in [4.78, 5) is 0. The largest absolute Gasteiger partial charge is 0.310 e. The van der Waals surface area contributed by atoms with Gasteiger partial charge in [0.25, 0.3) is 0 Å². The van der Waals surface area contributed by atoms with E-state index in [9.17, 15) is 12.8 Å². The van der Waals surface area contributed by atoms with Crippen molar-refractivity contribution in [3.8, 4) is 6.07 Å².